The maximum absolute atomic E-state index is 11.3. The first kappa shape index (κ1) is 13.5. The van der Waals surface area contributed by atoms with E-state index in [-0.39, 0.29) is 5.69 Å². The molecule has 108 valence electrons. The molecule has 1 heterocycles. The van der Waals surface area contributed by atoms with Gasteiger partial charge in [-0.3, -0.25) is 0 Å². The van der Waals surface area contributed by atoms with Crippen LogP contribution in [0, 0.1) is 0 Å². The second-order valence-electron chi connectivity index (χ2n) is 5.26. The van der Waals surface area contributed by atoms with Crippen LogP contribution in [-0.4, -0.2) is 27.1 Å². The number of nitrogens with zero attached hydrogens (tertiary/aromatic N) is 2. The number of hydrogen-bond donors (Lipinski definition) is 2. The number of nitrogens with one attached hydrogen (secondary N) is 1. The first-order chi connectivity index (χ1) is 10.2. The van der Waals surface area contributed by atoms with Crippen LogP contribution in [0.5, 0.6) is 0 Å². The molecular formula is C16H17N3O2. The van der Waals surface area contributed by atoms with Gasteiger partial charge in [-0.1, -0.05) is 43.2 Å². The molecule has 5 nitrogen and oxygen atoms in total. The van der Waals surface area contributed by atoms with Gasteiger partial charge in [0.1, 0.15) is 5.82 Å². The van der Waals surface area contributed by atoms with Crippen LogP contribution in [0.4, 0.5) is 5.82 Å². The van der Waals surface area contributed by atoms with Crippen molar-refractivity contribution in [2.45, 2.75) is 31.7 Å². The molecule has 5 heteroatoms. The maximum Gasteiger partial charge on any atom is 0.354 e. The lowest BCUT2D eigenvalue weighted by molar-refractivity contribution is 0.0690. The third kappa shape index (κ3) is 3.18. The summed E-state index contributed by atoms with van der Waals surface area (Å²) < 4.78 is 0. The summed E-state index contributed by atoms with van der Waals surface area (Å²) in [6.45, 7) is 0. The van der Waals surface area contributed by atoms with E-state index in [9.17, 15) is 9.90 Å². The van der Waals surface area contributed by atoms with Crippen LogP contribution >= 0.6 is 0 Å². The van der Waals surface area contributed by atoms with Crippen LogP contribution in [0.15, 0.2) is 36.4 Å². The van der Waals surface area contributed by atoms with E-state index < -0.39 is 5.97 Å². The predicted octanol–water partition coefficient (Wildman–Crippen LogP) is 3.20. The Bertz CT molecular complexity index is 637. The van der Waals surface area contributed by atoms with Crippen molar-refractivity contribution >= 4 is 11.8 Å². The Balaban J connectivity index is 1.95. The maximum atomic E-state index is 11.3. The number of carboxylic acid groups (broad SMARTS) is 1. The molecule has 1 saturated carbocycles. The highest BCUT2D eigenvalue weighted by Gasteiger charge is 2.17. The van der Waals surface area contributed by atoms with E-state index in [0.717, 1.165) is 18.4 Å². The first-order valence-corrected chi connectivity index (χ1v) is 7.17. The van der Waals surface area contributed by atoms with Crippen LogP contribution in [0.25, 0.3) is 11.4 Å². The normalized spacial score (nSPS) is 15.0. The smallest absolute Gasteiger partial charge is 0.354 e. The molecule has 1 fully saturated rings. The fraction of sp³-hybridized carbons (Fsp3) is 0.312. The Kier molecular flexibility index (Phi) is 3.81. The highest BCUT2D eigenvalue weighted by Crippen LogP contribution is 2.23. The molecule has 2 aromatic rings. The predicted molar refractivity (Wildman–Crippen MR) is 80.3 cm³/mol. The highest BCUT2D eigenvalue weighted by molar-refractivity contribution is 5.87. The molecule has 0 spiro atoms. The van der Waals surface area contributed by atoms with Crippen LogP contribution in [-0.2, 0) is 0 Å². The van der Waals surface area contributed by atoms with Crippen molar-refractivity contribution in [3.8, 4) is 11.4 Å². The molecular weight excluding hydrogens is 266 g/mol. The Morgan fingerprint density at radius 3 is 2.52 bits per heavy atom. The van der Waals surface area contributed by atoms with Gasteiger partial charge in [0.2, 0.25) is 0 Å². The highest BCUT2D eigenvalue weighted by atomic mass is 16.4. The SMILES string of the molecule is O=C(O)c1cc(NC2CCCC2)nc(-c2ccccc2)n1. The number of rotatable bonds is 4. The molecule has 0 radical (unpaired) electrons. The average molecular weight is 283 g/mol. The summed E-state index contributed by atoms with van der Waals surface area (Å²) in [5.74, 6) is -0.00629. The molecule has 0 amide bonds. The van der Waals surface area contributed by atoms with E-state index in [1.54, 1.807) is 0 Å². The minimum Gasteiger partial charge on any atom is -0.477 e. The minimum atomic E-state index is -1.04. The van der Waals surface area contributed by atoms with Gasteiger partial charge < -0.3 is 10.4 Å². The number of aromatic nitrogens is 2. The summed E-state index contributed by atoms with van der Waals surface area (Å²) in [5, 5.41) is 12.6. The first-order valence-electron chi connectivity index (χ1n) is 7.17. The van der Waals surface area contributed by atoms with Gasteiger partial charge in [-0.05, 0) is 12.8 Å². The van der Waals surface area contributed by atoms with Gasteiger partial charge in [-0.25, -0.2) is 14.8 Å². The van der Waals surface area contributed by atoms with Crippen LogP contribution in [0.3, 0.4) is 0 Å². The van der Waals surface area contributed by atoms with Gasteiger partial charge in [0.05, 0.1) is 0 Å². The van der Waals surface area contributed by atoms with Gasteiger partial charge in [0, 0.05) is 17.7 Å². The lowest BCUT2D eigenvalue weighted by atomic mass is 10.2. The molecule has 0 saturated heterocycles. The number of anilines is 1. The van der Waals surface area contributed by atoms with Gasteiger partial charge in [0.15, 0.2) is 11.5 Å². The van der Waals surface area contributed by atoms with Crippen molar-refractivity contribution in [3.63, 3.8) is 0 Å². The van der Waals surface area contributed by atoms with Gasteiger partial charge in [-0.2, -0.15) is 0 Å². The van der Waals surface area contributed by atoms with Crippen molar-refractivity contribution in [1.29, 1.82) is 0 Å². The van der Waals surface area contributed by atoms with E-state index in [1.807, 2.05) is 30.3 Å². The Hall–Kier alpha value is -2.43. The van der Waals surface area contributed by atoms with Crippen LogP contribution in [0.1, 0.15) is 36.2 Å². The zero-order valence-corrected chi connectivity index (χ0v) is 11.6. The second kappa shape index (κ2) is 5.91. The molecule has 21 heavy (non-hydrogen) atoms. The van der Waals surface area contributed by atoms with Crippen molar-refractivity contribution in [3.05, 3.63) is 42.1 Å². The van der Waals surface area contributed by atoms with E-state index in [1.165, 1.54) is 18.9 Å². The molecule has 0 aliphatic heterocycles. The van der Waals surface area contributed by atoms with Gasteiger partial charge in [0.25, 0.3) is 0 Å². The summed E-state index contributed by atoms with van der Waals surface area (Å²) in [4.78, 5) is 19.8. The molecule has 0 unspecified atom stereocenters. The fourth-order valence-electron chi connectivity index (χ4n) is 2.63. The number of benzene rings is 1. The Morgan fingerprint density at radius 2 is 1.86 bits per heavy atom. The molecule has 1 aromatic heterocycles. The number of aromatic carboxylic acids is 1. The van der Waals surface area contributed by atoms with E-state index in [4.69, 9.17) is 0 Å². The van der Waals surface area contributed by atoms with Crippen molar-refractivity contribution < 1.29 is 9.90 Å². The quantitative estimate of drug-likeness (QED) is 0.901. The third-order valence-corrected chi connectivity index (χ3v) is 3.68. The summed E-state index contributed by atoms with van der Waals surface area (Å²) in [5.41, 5.74) is 0.833. The van der Waals surface area contributed by atoms with Crippen molar-refractivity contribution in [2.75, 3.05) is 5.32 Å². The minimum absolute atomic E-state index is 0.0179. The third-order valence-electron chi connectivity index (χ3n) is 3.68. The molecule has 3 rings (SSSR count). The van der Waals surface area contributed by atoms with Crippen molar-refractivity contribution in [1.82, 2.24) is 9.97 Å². The largest absolute Gasteiger partial charge is 0.477 e. The molecule has 0 atom stereocenters. The number of hydrogen-bond acceptors (Lipinski definition) is 4. The van der Waals surface area contributed by atoms with E-state index >= 15 is 0 Å². The van der Waals surface area contributed by atoms with E-state index in [0.29, 0.717) is 17.7 Å². The summed E-state index contributed by atoms with van der Waals surface area (Å²) >= 11 is 0. The zero-order chi connectivity index (χ0) is 14.7. The van der Waals surface area contributed by atoms with Crippen molar-refractivity contribution in [2.24, 2.45) is 0 Å². The average Bonchev–Trinajstić information content (AvgIpc) is 3.01. The summed E-state index contributed by atoms with van der Waals surface area (Å²) in [7, 11) is 0. The number of carbonyl (C=O) groups is 1. The lowest BCUT2D eigenvalue weighted by Gasteiger charge is -2.14. The van der Waals surface area contributed by atoms with E-state index in [2.05, 4.69) is 15.3 Å². The van der Waals surface area contributed by atoms with Crippen LogP contribution < -0.4 is 5.32 Å². The van der Waals surface area contributed by atoms with Gasteiger partial charge in [-0.15, -0.1) is 0 Å². The topological polar surface area (TPSA) is 75.1 Å². The second-order valence-corrected chi connectivity index (χ2v) is 5.26. The standard InChI is InChI=1S/C16H17N3O2/c20-16(21)13-10-14(17-12-8-4-5-9-12)19-15(18-13)11-6-2-1-3-7-11/h1-3,6-7,10,12H,4-5,8-9H2,(H,20,21)(H,17,18,19). The number of carboxylic acids is 1. The summed E-state index contributed by atoms with van der Waals surface area (Å²) in [6, 6.07) is 11.3. The molecule has 2 N–H and O–H groups in total. The fourth-order valence-corrected chi connectivity index (χ4v) is 2.63. The molecule has 1 aromatic carbocycles. The zero-order valence-electron chi connectivity index (χ0n) is 11.6. The van der Waals surface area contributed by atoms with Crippen LogP contribution in [0.2, 0.25) is 0 Å². The molecule has 1 aliphatic rings. The molecule has 1 aliphatic carbocycles. The molecule has 0 bridgehead atoms. The summed E-state index contributed by atoms with van der Waals surface area (Å²) in [6.07, 6.45) is 4.63. The van der Waals surface area contributed by atoms with Gasteiger partial charge >= 0.3 is 5.97 Å². The Labute approximate surface area is 123 Å². The lowest BCUT2D eigenvalue weighted by Crippen LogP contribution is -2.17. The monoisotopic (exact) mass is 283 g/mol. The Morgan fingerprint density at radius 1 is 1.14 bits per heavy atom.